The minimum absolute atomic E-state index is 0.635. The number of allylic oxidation sites excluding steroid dienone is 4. The molecule has 0 spiro atoms. The summed E-state index contributed by atoms with van der Waals surface area (Å²) in [6.07, 6.45) is 6.37. The molecule has 0 heterocycles. The molecule has 104 valence electrons. The second-order valence-electron chi connectivity index (χ2n) is 4.68. The molecule has 0 unspecified atom stereocenters. The fourth-order valence-electron chi connectivity index (χ4n) is 1.75. The summed E-state index contributed by atoms with van der Waals surface area (Å²) in [4.78, 5) is 1.84. The normalized spacial score (nSPS) is 12.7. The molecule has 3 heteroatoms. The monoisotopic (exact) mass is 265 g/mol. The van der Waals surface area contributed by atoms with Gasteiger partial charge in [-0.25, -0.2) is 8.78 Å². The molecule has 0 aliphatic carbocycles. The van der Waals surface area contributed by atoms with Crippen LogP contribution in [0.3, 0.4) is 0 Å². The molecule has 0 fully saturated rings. The fraction of sp³-hybridized carbons (Fsp3) is 0.375. The van der Waals surface area contributed by atoms with Gasteiger partial charge < -0.3 is 4.90 Å². The minimum Gasteiger partial charge on any atom is -0.348 e. The average molecular weight is 265 g/mol. The first-order chi connectivity index (χ1) is 8.95. The molecule has 0 aromatic heterocycles. The fourth-order valence-corrected chi connectivity index (χ4v) is 1.75. The number of hydrogen-bond acceptors (Lipinski definition) is 1. The Kier molecular flexibility index (Phi) is 5.74. The van der Waals surface area contributed by atoms with Gasteiger partial charge in [-0.15, -0.1) is 0 Å². The molecule has 19 heavy (non-hydrogen) atoms. The first-order valence-corrected chi connectivity index (χ1v) is 6.49. The topological polar surface area (TPSA) is 3.24 Å². The zero-order chi connectivity index (χ0) is 14.4. The predicted molar refractivity (Wildman–Crippen MR) is 77.2 cm³/mol. The quantitative estimate of drug-likeness (QED) is 0.673. The maximum Gasteiger partial charge on any atom is 0.160 e. The molecule has 0 N–H and O–H groups in total. The van der Waals surface area contributed by atoms with Gasteiger partial charge in [-0.2, -0.15) is 0 Å². The summed E-state index contributed by atoms with van der Waals surface area (Å²) in [7, 11) is 1.84. The van der Waals surface area contributed by atoms with Crippen LogP contribution in [0.1, 0.15) is 33.6 Å². The van der Waals surface area contributed by atoms with E-state index < -0.39 is 11.6 Å². The van der Waals surface area contributed by atoms with E-state index in [1.807, 2.05) is 31.9 Å². The molecule has 1 aromatic carbocycles. The predicted octanol–water partition coefficient (Wildman–Crippen LogP) is 5.05. The van der Waals surface area contributed by atoms with Gasteiger partial charge in [0.25, 0.3) is 0 Å². The highest BCUT2D eigenvalue weighted by molar-refractivity contribution is 5.51. The van der Waals surface area contributed by atoms with E-state index in [2.05, 4.69) is 13.0 Å². The maximum atomic E-state index is 13.2. The van der Waals surface area contributed by atoms with E-state index in [1.54, 1.807) is 6.07 Å². The van der Waals surface area contributed by atoms with Crippen molar-refractivity contribution in [1.29, 1.82) is 0 Å². The van der Waals surface area contributed by atoms with Gasteiger partial charge in [-0.1, -0.05) is 25.0 Å². The highest BCUT2D eigenvalue weighted by atomic mass is 19.2. The molecule has 0 atom stereocenters. The second kappa shape index (κ2) is 7.07. The minimum atomic E-state index is -0.824. The highest BCUT2D eigenvalue weighted by Gasteiger charge is 2.07. The van der Waals surface area contributed by atoms with Crippen molar-refractivity contribution in [2.45, 2.75) is 33.6 Å². The summed E-state index contributed by atoms with van der Waals surface area (Å²) in [6, 6.07) is 3.92. The Morgan fingerprint density at radius 1 is 1.21 bits per heavy atom. The third-order valence-corrected chi connectivity index (χ3v) is 3.01. The van der Waals surface area contributed by atoms with Crippen LogP contribution in [0.4, 0.5) is 14.5 Å². The third-order valence-electron chi connectivity index (χ3n) is 3.01. The lowest BCUT2D eigenvalue weighted by Crippen LogP contribution is -2.14. The smallest absolute Gasteiger partial charge is 0.160 e. The van der Waals surface area contributed by atoms with Crippen molar-refractivity contribution in [3.05, 3.63) is 53.3 Å². The van der Waals surface area contributed by atoms with Crippen LogP contribution in [-0.2, 0) is 0 Å². The first-order valence-electron chi connectivity index (χ1n) is 6.49. The molecule has 0 bridgehead atoms. The molecule has 1 nitrogen and oxygen atoms in total. The average Bonchev–Trinajstić information content (AvgIpc) is 2.38. The van der Waals surface area contributed by atoms with Gasteiger partial charge in [-0.05, 0) is 38.5 Å². The molecule has 1 aromatic rings. The van der Waals surface area contributed by atoms with Gasteiger partial charge in [0.2, 0.25) is 0 Å². The van der Waals surface area contributed by atoms with Crippen molar-refractivity contribution in [2.24, 2.45) is 0 Å². The van der Waals surface area contributed by atoms with E-state index in [4.69, 9.17) is 0 Å². The number of unbranched alkanes of at least 4 members (excludes halogenated alkanes) is 1. The van der Waals surface area contributed by atoms with Gasteiger partial charge in [-0.3, -0.25) is 0 Å². The summed E-state index contributed by atoms with van der Waals surface area (Å²) in [6.45, 7) is 6.12. The summed E-state index contributed by atoms with van der Waals surface area (Å²) in [5, 5.41) is 0. The molecule has 0 radical (unpaired) electrons. The van der Waals surface area contributed by atoms with Crippen LogP contribution >= 0.6 is 0 Å². The van der Waals surface area contributed by atoms with Gasteiger partial charge in [0.15, 0.2) is 11.6 Å². The Morgan fingerprint density at radius 3 is 2.47 bits per heavy atom. The first kappa shape index (κ1) is 15.4. The Hall–Kier alpha value is -1.64. The molecule has 0 aliphatic rings. The lowest BCUT2D eigenvalue weighted by atomic mass is 10.2. The van der Waals surface area contributed by atoms with Crippen molar-refractivity contribution in [3.8, 4) is 0 Å². The summed E-state index contributed by atoms with van der Waals surface area (Å²) >= 11 is 0. The highest BCUT2D eigenvalue weighted by Crippen LogP contribution is 2.20. The van der Waals surface area contributed by atoms with Crippen LogP contribution in [0.25, 0.3) is 0 Å². The molecule has 0 saturated heterocycles. The van der Waals surface area contributed by atoms with Crippen LogP contribution in [0.5, 0.6) is 0 Å². The third kappa shape index (κ3) is 4.51. The van der Waals surface area contributed by atoms with Crippen LogP contribution in [0.2, 0.25) is 0 Å². The van der Waals surface area contributed by atoms with E-state index in [-0.39, 0.29) is 0 Å². The lowest BCUT2D eigenvalue weighted by molar-refractivity contribution is 0.508. The van der Waals surface area contributed by atoms with E-state index >= 15 is 0 Å². The Morgan fingerprint density at radius 2 is 1.89 bits per heavy atom. The Bertz CT molecular complexity index is 490. The van der Waals surface area contributed by atoms with E-state index in [1.165, 1.54) is 11.6 Å². The van der Waals surface area contributed by atoms with Gasteiger partial charge in [0.05, 0.1) is 0 Å². The van der Waals surface area contributed by atoms with Crippen LogP contribution < -0.4 is 4.90 Å². The number of hydrogen-bond donors (Lipinski definition) is 0. The number of rotatable bonds is 5. The Balaban J connectivity index is 2.89. The summed E-state index contributed by atoms with van der Waals surface area (Å²) in [5.41, 5.74) is 2.79. The van der Waals surface area contributed by atoms with Crippen LogP contribution in [0.15, 0.2) is 41.6 Å². The van der Waals surface area contributed by atoms with Gasteiger partial charge in [0.1, 0.15) is 0 Å². The molecule has 0 saturated carbocycles. The molecular weight excluding hydrogens is 244 g/mol. The van der Waals surface area contributed by atoms with E-state index in [9.17, 15) is 8.78 Å². The second-order valence-corrected chi connectivity index (χ2v) is 4.68. The molecule has 0 aliphatic heterocycles. The van der Waals surface area contributed by atoms with Crippen molar-refractivity contribution < 1.29 is 8.78 Å². The Labute approximate surface area is 114 Å². The summed E-state index contributed by atoms with van der Waals surface area (Å²) in [5.74, 6) is -1.65. The number of nitrogens with zero attached hydrogens (tertiary/aromatic N) is 1. The zero-order valence-electron chi connectivity index (χ0n) is 12.0. The van der Waals surface area contributed by atoms with Crippen molar-refractivity contribution in [3.63, 3.8) is 0 Å². The van der Waals surface area contributed by atoms with Crippen molar-refractivity contribution in [2.75, 3.05) is 11.9 Å². The molecular formula is C16H21F2N. The summed E-state index contributed by atoms with van der Waals surface area (Å²) < 4.78 is 26.1. The molecule has 1 rings (SSSR count). The molecule has 0 amide bonds. The number of halogens is 2. The maximum absolute atomic E-state index is 13.2. The number of benzene rings is 1. The van der Waals surface area contributed by atoms with Gasteiger partial charge in [0, 0.05) is 24.5 Å². The van der Waals surface area contributed by atoms with Gasteiger partial charge >= 0.3 is 0 Å². The standard InChI is InChI=1S/C16H21F2N/c1-5-6-7-12(2)10-13(3)19(4)14-8-9-15(17)16(18)11-14/h7-11H,5-6H2,1-4H3/b12-7+,13-10-. The van der Waals surface area contributed by atoms with E-state index in [0.717, 1.165) is 24.6 Å². The largest absolute Gasteiger partial charge is 0.348 e. The van der Waals surface area contributed by atoms with Crippen LogP contribution in [-0.4, -0.2) is 7.05 Å². The van der Waals surface area contributed by atoms with Crippen LogP contribution in [0, 0.1) is 11.6 Å². The van der Waals surface area contributed by atoms with Crippen molar-refractivity contribution in [1.82, 2.24) is 0 Å². The number of anilines is 1. The SMILES string of the molecule is CCC/C=C(C)/C=C(/C)N(C)c1ccc(F)c(F)c1. The van der Waals surface area contributed by atoms with E-state index in [0.29, 0.717) is 5.69 Å². The zero-order valence-corrected chi connectivity index (χ0v) is 12.0. The lowest BCUT2D eigenvalue weighted by Gasteiger charge is -2.20. The van der Waals surface area contributed by atoms with Crippen molar-refractivity contribution >= 4 is 5.69 Å².